The number of ether oxygens (including phenoxy) is 1. The van der Waals surface area contributed by atoms with Gasteiger partial charge in [0.15, 0.2) is 0 Å². The Morgan fingerprint density at radius 1 is 1.33 bits per heavy atom. The van der Waals surface area contributed by atoms with Crippen molar-refractivity contribution in [2.24, 2.45) is 5.92 Å². The summed E-state index contributed by atoms with van der Waals surface area (Å²) in [5.41, 5.74) is 3.03. The predicted molar refractivity (Wildman–Crippen MR) is 91.7 cm³/mol. The number of likely N-dealkylation sites (tertiary alicyclic amines) is 1. The summed E-state index contributed by atoms with van der Waals surface area (Å²) >= 11 is 0. The molecule has 1 aromatic rings. The van der Waals surface area contributed by atoms with Crippen LogP contribution in [0.15, 0.2) is 18.2 Å². The van der Waals surface area contributed by atoms with Crippen molar-refractivity contribution in [3.63, 3.8) is 0 Å². The highest BCUT2D eigenvalue weighted by Gasteiger charge is 2.53. The molecular weight excluding hydrogens is 326 g/mol. The third kappa shape index (κ3) is 2.16. The first-order chi connectivity index (χ1) is 10.9. The number of fused-ring (bicyclic) bond motifs is 1. The Labute approximate surface area is 142 Å². The first-order valence-corrected chi connectivity index (χ1v) is 7.92. The van der Waals surface area contributed by atoms with Crippen molar-refractivity contribution < 1.29 is 8.85 Å². The van der Waals surface area contributed by atoms with Crippen LogP contribution in [-0.4, -0.2) is 31.6 Å². The van der Waals surface area contributed by atoms with Gasteiger partial charge in [-0.2, -0.15) is 0 Å². The molecule has 21 heavy (non-hydrogen) atoms. The molecular formula is C18H26BrNO. The van der Waals surface area contributed by atoms with Crippen molar-refractivity contribution in [3.05, 3.63) is 29.3 Å². The SMILES string of the molecule is Br.[2H]C([2H])([2H])Oc1ccc2c(c1)C13CCCC[C@@H]1[C@H](C2)N(C)CC3. The van der Waals surface area contributed by atoms with Gasteiger partial charge in [0.25, 0.3) is 0 Å². The zero-order valence-corrected chi connectivity index (χ0v) is 14.3. The largest absolute Gasteiger partial charge is 0.497 e. The highest BCUT2D eigenvalue weighted by atomic mass is 79.9. The third-order valence-corrected chi connectivity index (χ3v) is 6.20. The molecule has 3 aliphatic rings. The Kier molecular flexibility index (Phi) is 3.18. The van der Waals surface area contributed by atoms with Crippen LogP contribution in [0.25, 0.3) is 0 Å². The zero-order chi connectivity index (χ0) is 16.2. The van der Waals surface area contributed by atoms with Crippen molar-refractivity contribution in [1.29, 1.82) is 0 Å². The van der Waals surface area contributed by atoms with Gasteiger partial charge in [-0.3, -0.25) is 0 Å². The summed E-state index contributed by atoms with van der Waals surface area (Å²) in [7, 11) is -0.109. The van der Waals surface area contributed by atoms with E-state index in [1.165, 1.54) is 43.2 Å². The Morgan fingerprint density at radius 3 is 3.10 bits per heavy atom. The molecule has 3 atom stereocenters. The summed E-state index contributed by atoms with van der Waals surface area (Å²) in [6, 6.07) is 6.63. The van der Waals surface area contributed by atoms with Crippen LogP contribution in [0.3, 0.4) is 0 Å². The molecule has 4 rings (SSSR count). The van der Waals surface area contributed by atoms with Crippen molar-refractivity contribution in [2.45, 2.75) is 50.0 Å². The maximum Gasteiger partial charge on any atom is 0.119 e. The summed E-state index contributed by atoms with van der Waals surface area (Å²) in [4.78, 5) is 2.55. The minimum atomic E-state index is -2.37. The molecule has 1 aliphatic heterocycles. The standard InChI is InChI=1S/C18H25NO.BrH/c1-19-10-9-18-8-4-3-5-15(18)17(19)11-13-6-7-14(20-2)12-16(13)18;/h6-7,12,15,17H,3-5,8-11H2,1-2H3;1H/t15-,17+,18?;/m1./s1/i2D3;. The van der Waals surface area contributed by atoms with Gasteiger partial charge in [0.2, 0.25) is 0 Å². The molecule has 1 heterocycles. The molecule has 0 amide bonds. The van der Waals surface area contributed by atoms with Gasteiger partial charge in [-0.15, -0.1) is 17.0 Å². The molecule has 2 nitrogen and oxygen atoms in total. The van der Waals surface area contributed by atoms with E-state index in [4.69, 9.17) is 8.85 Å². The monoisotopic (exact) mass is 354 g/mol. The van der Waals surface area contributed by atoms with E-state index in [1.807, 2.05) is 12.1 Å². The van der Waals surface area contributed by atoms with Crippen LogP contribution in [-0.2, 0) is 11.8 Å². The second-order valence-corrected chi connectivity index (χ2v) is 6.93. The number of nitrogens with zero attached hydrogens (tertiary/aromatic N) is 1. The Hall–Kier alpha value is -0.540. The summed E-state index contributed by atoms with van der Waals surface area (Å²) < 4.78 is 27.3. The zero-order valence-electron chi connectivity index (χ0n) is 15.6. The minimum Gasteiger partial charge on any atom is -0.497 e. The normalized spacial score (nSPS) is 37.1. The summed E-state index contributed by atoms with van der Waals surface area (Å²) in [5, 5.41) is 0. The lowest BCUT2D eigenvalue weighted by atomic mass is 9.52. The van der Waals surface area contributed by atoms with Gasteiger partial charge in [0.1, 0.15) is 5.75 Å². The Balaban J connectivity index is 0.00000169. The minimum absolute atomic E-state index is 0. The molecule has 2 aliphatic carbocycles. The maximum atomic E-state index is 7.36. The Morgan fingerprint density at radius 2 is 2.24 bits per heavy atom. The number of benzene rings is 1. The highest BCUT2D eigenvalue weighted by molar-refractivity contribution is 8.93. The van der Waals surface area contributed by atoms with Crippen LogP contribution in [0, 0.1) is 5.92 Å². The molecule has 0 radical (unpaired) electrons. The number of halogens is 1. The van der Waals surface area contributed by atoms with Crippen LogP contribution < -0.4 is 4.74 Å². The van der Waals surface area contributed by atoms with Crippen LogP contribution >= 0.6 is 17.0 Å². The molecule has 3 heteroatoms. The van der Waals surface area contributed by atoms with Gasteiger partial charge in [-0.05, 0) is 68.5 Å². The quantitative estimate of drug-likeness (QED) is 0.756. The summed E-state index contributed by atoms with van der Waals surface area (Å²) in [6.45, 7) is 1.14. The van der Waals surface area contributed by atoms with Gasteiger partial charge in [-0.1, -0.05) is 18.9 Å². The number of hydrogen-bond acceptors (Lipinski definition) is 2. The topological polar surface area (TPSA) is 12.5 Å². The molecule has 0 N–H and O–H groups in total. The number of likely N-dealkylation sites (N-methyl/N-ethyl adjacent to an activating group) is 1. The first-order valence-electron chi connectivity index (χ1n) is 9.42. The van der Waals surface area contributed by atoms with Gasteiger partial charge >= 0.3 is 0 Å². The smallest absolute Gasteiger partial charge is 0.119 e. The van der Waals surface area contributed by atoms with E-state index >= 15 is 0 Å². The van der Waals surface area contributed by atoms with Crippen LogP contribution in [0.5, 0.6) is 5.75 Å². The van der Waals surface area contributed by atoms with E-state index in [9.17, 15) is 0 Å². The number of piperidine rings is 1. The fraction of sp³-hybridized carbons (Fsp3) is 0.667. The molecule has 1 unspecified atom stereocenters. The van der Waals surface area contributed by atoms with Crippen molar-refractivity contribution in [2.75, 3.05) is 20.6 Å². The third-order valence-electron chi connectivity index (χ3n) is 6.20. The molecule has 0 aromatic heterocycles. The lowest BCUT2D eigenvalue weighted by molar-refractivity contribution is 0.00274. The first kappa shape index (κ1) is 12.0. The van der Waals surface area contributed by atoms with E-state index in [1.54, 1.807) is 0 Å². The van der Waals surface area contributed by atoms with E-state index in [0.29, 0.717) is 17.7 Å². The highest BCUT2D eigenvalue weighted by Crippen LogP contribution is 2.55. The maximum absolute atomic E-state index is 7.36. The second kappa shape index (κ2) is 5.58. The summed E-state index contributed by atoms with van der Waals surface area (Å²) in [5.74, 6) is 1.21. The molecule has 2 bridgehead atoms. The number of hydrogen-bond donors (Lipinski definition) is 0. The molecule has 1 aromatic carbocycles. The van der Waals surface area contributed by atoms with Crippen molar-refractivity contribution in [3.8, 4) is 5.75 Å². The van der Waals surface area contributed by atoms with E-state index in [2.05, 4.69) is 18.0 Å². The van der Waals surface area contributed by atoms with E-state index in [0.717, 1.165) is 13.0 Å². The van der Waals surface area contributed by atoms with Gasteiger partial charge in [0.05, 0.1) is 11.2 Å². The summed E-state index contributed by atoms with van der Waals surface area (Å²) in [6.07, 6.45) is 7.44. The molecule has 116 valence electrons. The van der Waals surface area contributed by atoms with Gasteiger partial charge < -0.3 is 9.64 Å². The van der Waals surface area contributed by atoms with E-state index < -0.39 is 7.04 Å². The van der Waals surface area contributed by atoms with E-state index in [-0.39, 0.29) is 22.4 Å². The van der Waals surface area contributed by atoms with Crippen molar-refractivity contribution in [1.82, 2.24) is 4.90 Å². The average molecular weight is 355 g/mol. The van der Waals surface area contributed by atoms with Gasteiger partial charge in [0, 0.05) is 11.5 Å². The molecule has 1 saturated heterocycles. The van der Waals surface area contributed by atoms with Crippen LogP contribution in [0.4, 0.5) is 0 Å². The molecule has 0 spiro atoms. The van der Waals surface area contributed by atoms with Crippen LogP contribution in [0.2, 0.25) is 0 Å². The average Bonchev–Trinajstić information content (AvgIpc) is 2.50. The molecule has 2 fully saturated rings. The van der Waals surface area contributed by atoms with Gasteiger partial charge in [-0.25, -0.2) is 0 Å². The molecule has 1 saturated carbocycles. The van der Waals surface area contributed by atoms with Crippen LogP contribution in [0.1, 0.15) is 47.3 Å². The second-order valence-electron chi connectivity index (χ2n) is 6.93. The fourth-order valence-corrected chi connectivity index (χ4v) is 5.24. The van der Waals surface area contributed by atoms with Crippen molar-refractivity contribution >= 4 is 17.0 Å². The lowest BCUT2D eigenvalue weighted by Crippen LogP contribution is -2.59. The predicted octanol–water partition coefficient (Wildman–Crippen LogP) is 3.96. The lowest BCUT2D eigenvalue weighted by Gasteiger charge is -2.58. The number of rotatable bonds is 1. The Bertz CT molecular complexity index is 621. The fourth-order valence-electron chi connectivity index (χ4n) is 5.24. The number of methoxy groups -OCH3 is 1.